The Morgan fingerprint density at radius 2 is 1.08 bits per heavy atom. The smallest absolute Gasteiger partial charge is 0.309 e. The summed E-state index contributed by atoms with van der Waals surface area (Å²) in [7, 11) is 0. The highest BCUT2D eigenvalue weighted by molar-refractivity contribution is 5.73. The normalized spacial score (nSPS) is 31.4. The van der Waals surface area contributed by atoms with Crippen molar-refractivity contribution in [1.82, 2.24) is 0 Å². The van der Waals surface area contributed by atoms with E-state index in [4.69, 9.17) is 9.47 Å². The average Bonchev–Trinajstić information content (AvgIpc) is 2.72. The van der Waals surface area contributed by atoms with Crippen molar-refractivity contribution in [2.75, 3.05) is 13.2 Å². The summed E-state index contributed by atoms with van der Waals surface area (Å²) in [6.45, 7) is 1.11. The molecular formula is C22H32O4. The van der Waals surface area contributed by atoms with Gasteiger partial charge in [0.1, 0.15) is 0 Å². The summed E-state index contributed by atoms with van der Waals surface area (Å²) >= 11 is 0. The maximum atomic E-state index is 12.1. The van der Waals surface area contributed by atoms with E-state index < -0.39 is 0 Å². The Labute approximate surface area is 157 Å². The van der Waals surface area contributed by atoms with Crippen molar-refractivity contribution in [2.24, 2.45) is 23.7 Å². The molecule has 0 radical (unpaired) electrons. The van der Waals surface area contributed by atoms with Crippen LogP contribution in [0.4, 0.5) is 0 Å². The second-order valence-corrected chi connectivity index (χ2v) is 8.11. The maximum Gasteiger partial charge on any atom is 0.309 e. The zero-order valence-electron chi connectivity index (χ0n) is 15.7. The molecular weight excluding hydrogens is 328 g/mol. The number of carbonyl (C=O) groups excluding carboxylic acids is 2. The lowest BCUT2D eigenvalue weighted by atomic mass is 9.83. The van der Waals surface area contributed by atoms with Gasteiger partial charge in [0, 0.05) is 0 Å². The van der Waals surface area contributed by atoms with Gasteiger partial charge in [-0.2, -0.15) is 0 Å². The number of allylic oxidation sites excluding steroid dienone is 4. The van der Waals surface area contributed by atoms with Gasteiger partial charge in [0.05, 0.1) is 25.0 Å². The third-order valence-electron chi connectivity index (χ3n) is 6.09. The third-order valence-corrected chi connectivity index (χ3v) is 6.09. The molecule has 144 valence electrons. The lowest BCUT2D eigenvalue weighted by Crippen LogP contribution is -2.27. The van der Waals surface area contributed by atoms with E-state index in [1.807, 2.05) is 0 Å². The lowest BCUT2D eigenvalue weighted by molar-refractivity contribution is -0.152. The Balaban J connectivity index is 1.29. The van der Waals surface area contributed by atoms with Gasteiger partial charge in [-0.15, -0.1) is 0 Å². The SMILES string of the molecule is O=C(OCC1CCC(COC(=O)C2CC=CCC2)CC1)C1CC=CCC1. The van der Waals surface area contributed by atoms with Gasteiger partial charge in [-0.1, -0.05) is 24.3 Å². The van der Waals surface area contributed by atoms with Crippen LogP contribution in [-0.2, 0) is 19.1 Å². The quantitative estimate of drug-likeness (QED) is 0.513. The van der Waals surface area contributed by atoms with E-state index in [0.29, 0.717) is 25.0 Å². The van der Waals surface area contributed by atoms with Gasteiger partial charge in [-0.25, -0.2) is 0 Å². The Morgan fingerprint density at radius 1 is 0.654 bits per heavy atom. The largest absolute Gasteiger partial charge is 0.465 e. The lowest BCUT2D eigenvalue weighted by Gasteiger charge is -2.29. The van der Waals surface area contributed by atoms with Crippen LogP contribution in [0.1, 0.15) is 64.2 Å². The number of esters is 2. The molecule has 0 N–H and O–H groups in total. The van der Waals surface area contributed by atoms with Crippen LogP contribution < -0.4 is 0 Å². The molecule has 26 heavy (non-hydrogen) atoms. The number of hydrogen-bond donors (Lipinski definition) is 0. The van der Waals surface area contributed by atoms with E-state index in [1.54, 1.807) is 0 Å². The van der Waals surface area contributed by atoms with Crippen LogP contribution in [-0.4, -0.2) is 25.2 Å². The monoisotopic (exact) mass is 360 g/mol. The molecule has 2 atom stereocenters. The summed E-state index contributed by atoms with van der Waals surface area (Å²) in [5.74, 6) is 1.01. The summed E-state index contributed by atoms with van der Waals surface area (Å²) in [6, 6.07) is 0. The van der Waals surface area contributed by atoms with Crippen molar-refractivity contribution in [3.05, 3.63) is 24.3 Å². The number of rotatable bonds is 6. The van der Waals surface area contributed by atoms with Crippen molar-refractivity contribution in [3.63, 3.8) is 0 Å². The van der Waals surface area contributed by atoms with Gasteiger partial charge in [-0.3, -0.25) is 9.59 Å². The summed E-state index contributed by atoms with van der Waals surface area (Å²) in [6.07, 6.45) is 18.2. The predicted octanol–water partition coefficient (Wildman–Crippen LogP) is 4.59. The molecule has 2 unspecified atom stereocenters. The van der Waals surface area contributed by atoms with Crippen molar-refractivity contribution >= 4 is 11.9 Å². The summed E-state index contributed by atoms with van der Waals surface area (Å²) < 4.78 is 11.1. The first-order valence-electron chi connectivity index (χ1n) is 10.4. The molecule has 0 heterocycles. The van der Waals surface area contributed by atoms with Crippen LogP contribution in [0.2, 0.25) is 0 Å². The molecule has 0 spiro atoms. The molecule has 3 rings (SSSR count). The molecule has 1 saturated carbocycles. The summed E-state index contributed by atoms with van der Waals surface area (Å²) in [5.41, 5.74) is 0. The van der Waals surface area contributed by atoms with E-state index in [-0.39, 0.29) is 23.8 Å². The standard InChI is InChI=1S/C22H32O4/c23-21(19-7-3-1-4-8-19)25-15-17-11-13-18(14-12-17)16-26-22(24)20-9-5-2-6-10-20/h1-3,5,17-20H,4,6-16H2. The zero-order valence-corrected chi connectivity index (χ0v) is 15.7. The minimum atomic E-state index is -0.0214. The predicted molar refractivity (Wildman–Crippen MR) is 100 cm³/mol. The molecule has 0 aromatic heterocycles. The van der Waals surface area contributed by atoms with Gasteiger partial charge in [0.2, 0.25) is 0 Å². The maximum absolute atomic E-state index is 12.1. The van der Waals surface area contributed by atoms with Crippen LogP contribution >= 0.6 is 0 Å². The zero-order chi connectivity index (χ0) is 18.2. The fraction of sp³-hybridized carbons (Fsp3) is 0.727. The van der Waals surface area contributed by atoms with Gasteiger partial charge in [0.15, 0.2) is 0 Å². The molecule has 0 aliphatic heterocycles. The average molecular weight is 360 g/mol. The Morgan fingerprint density at radius 3 is 1.42 bits per heavy atom. The first-order chi connectivity index (χ1) is 12.7. The molecule has 4 heteroatoms. The van der Waals surface area contributed by atoms with Crippen LogP contribution in [0.15, 0.2) is 24.3 Å². The molecule has 4 nitrogen and oxygen atoms in total. The fourth-order valence-corrected chi connectivity index (χ4v) is 4.22. The van der Waals surface area contributed by atoms with Gasteiger partial charge < -0.3 is 9.47 Å². The van der Waals surface area contributed by atoms with Gasteiger partial charge >= 0.3 is 11.9 Å². The molecule has 1 fully saturated rings. The van der Waals surface area contributed by atoms with Crippen molar-refractivity contribution in [1.29, 1.82) is 0 Å². The molecule has 0 saturated heterocycles. The van der Waals surface area contributed by atoms with Gasteiger partial charge in [-0.05, 0) is 76.0 Å². The molecule has 3 aliphatic carbocycles. The molecule has 0 aromatic carbocycles. The number of ether oxygens (including phenoxy) is 2. The first-order valence-corrected chi connectivity index (χ1v) is 10.4. The topological polar surface area (TPSA) is 52.6 Å². The highest BCUT2D eigenvalue weighted by Gasteiger charge is 2.27. The van der Waals surface area contributed by atoms with Crippen LogP contribution in [0.25, 0.3) is 0 Å². The van der Waals surface area contributed by atoms with Crippen LogP contribution in [0.5, 0.6) is 0 Å². The van der Waals surface area contributed by atoms with E-state index in [9.17, 15) is 9.59 Å². The highest BCUT2D eigenvalue weighted by atomic mass is 16.5. The van der Waals surface area contributed by atoms with Crippen LogP contribution in [0.3, 0.4) is 0 Å². The molecule has 3 aliphatic rings. The fourth-order valence-electron chi connectivity index (χ4n) is 4.22. The Hall–Kier alpha value is -1.58. The van der Waals surface area contributed by atoms with E-state index >= 15 is 0 Å². The summed E-state index contributed by atoms with van der Waals surface area (Å²) in [4.78, 5) is 24.2. The molecule has 0 aromatic rings. The van der Waals surface area contributed by atoms with Crippen molar-refractivity contribution < 1.29 is 19.1 Å². The molecule has 0 amide bonds. The first kappa shape index (κ1) is 19.2. The van der Waals surface area contributed by atoms with E-state index in [0.717, 1.165) is 64.2 Å². The minimum absolute atomic E-state index is 0.0214. The minimum Gasteiger partial charge on any atom is -0.465 e. The van der Waals surface area contributed by atoms with E-state index in [1.165, 1.54) is 0 Å². The van der Waals surface area contributed by atoms with Crippen molar-refractivity contribution in [2.45, 2.75) is 64.2 Å². The van der Waals surface area contributed by atoms with Crippen LogP contribution in [0, 0.1) is 23.7 Å². The number of carbonyl (C=O) groups is 2. The highest BCUT2D eigenvalue weighted by Crippen LogP contribution is 2.30. The Bertz CT molecular complexity index is 480. The molecule has 0 bridgehead atoms. The van der Waals surface area contributed by atoms with Gasteiger partial charge in [0.25, 0.3) is 0 Å². The second-order valence-electron chi connectivity index (χ2n) is 8.11. The van der Waals surface area contributed by atoms with Crippen molar-refractivity contribution in [3.8, 4) is 0 Å². The third kappa shape index (κ3) is 5.72. The second kappa shape index (κ2) is 9.94. The summed E-state index contributed by atoms with van der Waals surface area (Å²) in [5, 5.41) is 0. The van der Waals surface area contributed by atoms with E-state index in [2.05, 4.69) is 24.3 Å². The Kier molecular flexibility index (Phi) is 7.33. The number of hydrogen-bond acceptors (Lipinski definition) is 4.